The van der Waals surface area contributed by atoms with E-state index in [-0.39, 0.29) is 11.2 Å². The molecule has 1 aromatic heterocycles. The quantitative estimate of drug-likeness (QED) is 0.729. The molecule has 1 aliphatic rings. The Hall–Kier alpha value is -1.01. The van der Waals surface area contributed by atoms with E-state index in [1.165, 1.54) is 43.9 Å². The van der Waals surface area contributed by atoms with Crippen molar-refractivity contribution in [3.63, 3.8) is 0 Å². The number of ether oxygens (including phenoxy) is 1. The Labute approximate surface area is 149 Å². The van der Waals surface area contributed by atoms with Crippen LogP contribution in [0.3, 0.4) is 0 Å². The number of thioether (sulfide) groups is 1. The van der Waals surface area contributed by atoms with Gasteiger partial charge in [0.05, 0.1) is 17.6 Å². The number of methoxy groups -OCH3 is 1. The van der Waals surface area contributed by atoms with Gasteiger partial charge in [-0.2, -0.15) is 0 Å². The number of hydrogen-bond donors (Lipinski definition) is 1. The SMILES string of the molecule is COCCn1c(SC(C)C(=O)NCC2CCCCC2)nc(C)c1C. The van der Waals surface area contributed by atoms with Crippen molar-refractivity contribution in [1.82, 2.24) is 14.9 Å². The van der Waals surface area contributed by atoms with Gasteiger partial charge in [-0.05, 0) is 39.5 Å². The van der Waals surface area contributed by atoms with E-state index < -0.39 is 0 Å². The van der Waals surface area contributed by atoms with Crippen LogP contribution in [0, 0.1) is 19.8 Å². The van der Waals surface area contributed by atoms with Crippen LogP contribution in [0.4, 0.5) is 0 Å². The molecule has 1 fully saturated rings. The van der Waals surface area contributed by atoms with Crippen molar-refractivity contribution in [2.24, 2.45) is 5.92 Å². The largest absolute Gasteiger partial charge is 0.383 e. The van der Waals surface area contributed by atoms with Crippen molar-refractivity contribution in [3.8, 4) is 0 Å². The first-order valence-corrected chi connectivity index (χ1v) is 9.88. The molecule has 5 nitrogen and oxygen atoms in total. The molecule has 136 valence electrons. The number of carbonyl (C=O) groups is 1. The van der Waals surface area contributed by atoms with Crippen molar-refractivity contribution >= 4 is 17.7 Å². The average Bonchev–Trinajstić information content (AvgIpc) is 2.85. The Kier molecular flexibility index (Phi) is 7.62. The second-order valence-electron chi connectivity index (χ2n) is 6.72. The Morgan fingerprint density at radius 1 is 1.38 bits per heavy atom. The van der Waals surface area contributed by atoms with E-state index in [4.69, 9.17) is 4.74 Å². The number of nitrogens with one attached hydrogen (secondary N) is 1. The van der Waals surface area contributed by atoms with Gasteiger partial charge in [-0.3, -0.25) is 4.79 Å². The van der Waals surface area contributed by atoms with Crippen LogP contribution in [0.2, 0.25) is 0 Å². The number of carbonyl (C=O) groups excluding carboxylic acids is 1. The van der Waals surface area contributed by atoms with Gasteiger partial charge in [0, 0.05) is 25.9 Å². The maximum atomic E-state index is 12.4. The molecule has 2 rings (SSSR count). The first-order valence-electron chi connectivity index (χ1n) is 9.00. The Balaban J connectivity index is 1.89. The predicted molar refractivity (Wildman–Crippen MR) is 98.5 cm³/mol. The molecule has 1 unspecified atom stereocenters. The van der Waals surface area contributed by atoms with Crippen LogP contribution in [0.25, 0.3) is 0 Å². The van der Waals surface area contributed by atoms with Crippen molar-refractivity contribution in [2.75, 3.05) is 20.3 Å². The van der Waals surface area contributed by atoms with E-state index >= 15 is 0 Å². The lowest BCUT2D eigenvalue weighted by atomic mass is 9.89. The molecule has 6 heteroatoms. The van der Waals surface area contributed by atoms with Gasteiger partial charge in [0.15, 0.2) is 5.16 Å². The standard InChI is InChI=1S/C18H31N3O2S/c1-13-14(2)21(10-11-23-4)18(20-13)24-15(3)17(22)19-12-16-8-6-5-7-9-16/h15-16H,5-12H2,1-4H3,(H,19,22). The van der Waals surface area contributed by atoms with Gasteiger partial charge in [-0.25, -0.2) is 4.98 Å². The molecule has 1 N–H and O–H groups in total. The highest BCUT2D eigenvalue weighted by Crippen LogP contribution is 2.26. The minimum atomic E-state index is -0.143. The molecule has 1 aliphatic carbocycles. The van der Waals surface area contributed by atoms with E-state index in [0.29, 0.717) is 12.5 Å². The molecular weight excluding hydrogens is 322 g/mol. The van der Waals surface area contributed by atoms with Crippen LogP contribution >= 0.6 is 11.8 Å². The molecule has 0 bridgehead atoms. The van der Waals surface area contributed by atoms with E-state index in [0.717, 1.165) is 29.6 Å². The van der Waals surface area contributed by atoms with Crippen LogP contribution < -0.4 is 5.32 Å². The van der Waals surface area contributed by atoms with Crippen molar-refractivity contribution in [2.45, 2.75) is 69.8 Å². The normalized spacial score (nSPS) is 17.0. The minimum absolute atomic E-state index is 0.113. The van der Waals surface area contributed by atoms with Crippen LogP contribution in [-0.4, -0.2) is 41.0 Å². The van der Waals surface area contributed by atoms with Crippen molar-refractivity contribution in [3.05, 3.63) is 11.4 Å². The first-order chi connectivity index (χ1) is 11.5. The number of imidazole rings is 1. The van der Waals surface area contributed by atoms with Crippen molar-refractivity contribution in [1.29, 1.82) is 0 Å². The summed E-state index contributed by atoms with van der Waals surface area (Å²) >= 11 is 1.53. The van der Waals surface area contributed by atoms with Gasteiger partial charge >= 0.3 is 0 Å². The van der Waals surface area contributed by atoms with E-state index in [1.54, 1.807) is 7.11 Å². The Bertz CT molecular complexity index is 539. The monoisotopic (exact) mass is 353 g/mol. The molecule has 1 atom stereocenters. The molecule has 24 heavy (non-hydrogen) atoms. The molecule has 0 aliphatic heterocycles. The zero-order valence-corrected chi connectivity index (χ0v) is 16.2. The third kappa shape index (κ3) is 5.24. The van der Waals surface area contributed by atoms with Gasteiger partial charge < -0.3 is 14.6 Å². The summed E-state index contributed by atoms with van der Waals surface area (Å²) in [6, 6.07) is 0. The van der Waals surface area contributed by atoms with Gasteiger partial charge in [-0.15, -0.1) is 0 Å². The molecule has 0 saturated heterocycles. The molecule has 0 spiro atoms. The van der Waals surface area contributed by atoms with E-state index in [9.17, 15) is 4.79 Å². The number of aryl methyl sites for hydroxylation is 1. The number of aromatic nitrogens is 2. The molecule has 1 heterocycles. The summed E-state index contributed by atoms with van der Waals surface area (Å²) in [6.45, 7) is 8.27. The number of amides is 1. The molecule has 1 aromatic rings. The van der Waals surface area contributed by atoms with Crippen molar-refractivity contribution < 1.29 is 9.53 Å². The van der Waals surface area contributed by atoms with E-state index in [2.05, 4.69) is 21.8 Å². The summed E-state index contributed by atoms with van der Waals surface area (Å²) in [5, 5.41) is 3.90. The van der Waals surface area contributed by atoms with Gasteiger partial charge in [0.1, 0.15) is 0 Å². The number of rotatable bonds is 8. The van der Waals surface area contributed by atoms with Crippen LogP contribution in [0.15, 0.2) is 5.16 Å². The third-order valence-electron chi connectivity index (χ3n) is 4.88. The maximum absolute atomic E-state index is 12.4. The van der Waals surface area contributed by atoms with Crippen LogP contribution in [0.1, 0.15) is 50.4 Å². The highest BCUT2D eigenvalue weighted by Gasteiger charge is 2.21. The summed E-state index contributed by atoms with van der Waals surface area (Å²) in [4.78, 5) is 17.0. The van der Waals surface area contributed by atoms with Crippen LogP contribution in [-0.2, 0) is 16.1 Å². The summed E-state index contributed by atoms with van der Waals surface area (Å²) in [5.41, 5.74) is 2.16. The number of nitrogens with zero attached hydrogens (tertiary/aromatic N) is 2. The fourth-order valence-electron chi connectivity index (χ4n) is 3.15. The predicted octanol–water partition coefficient (Wildman–Crippen LogP) is 3.32. The lowest BCUT2D eigenvalue weighted by molar-refractivity contribution is -0.120. The third-order valence-corrected chi connectivity index (χ3v) is 5.97. The van der Waals surface area contributed by atoms with Gasteiger partial charge in [0.2, 0.25) is 5.91 Å². The Morgan fingerprint density at radius 3 is 2.75 bits per heavy atom. The first kappa shape index (κ1) is 19.3. The van der Waals surface area contributed by atoms with Gasteiger partial charge in [0.25, 0.3) is 0 Å². The summed E-state index contributed by atoms with van der Waals surface area (Å²) in [6.07, 6.45) is 6.46. The molecule has 0 aromatic carbocycles. The Morgan fingerprint density at radius 2 is 2.08 bits per heavy atom. The average molecular weight is 354 g/mol. The van der Waals surface area contributed by atoms with Gasteiger partial charge in [-0.1, -0.05) is 31.0 Å². The highest BCUT2D eigenvalue weighted by molar-refractivity contribution is 8.00. The summed E-state index contributed by atoms with van der Waals surface area (Å²) in [5.74, 6) is 0.773. The molecular formula is C18H31N3O2S. The lowest BCUT2D eigenvalue weighted by Crippen LogP contribution is -2.35. The zero-order chi connectivity index (χ0) is 17.5. The minimum Gasteiger partial charge on any atom is -0.383 e. The second kappa shape index (κ2) is 9.47. The topological polar surface area (TPSA) is 56.1 Å². The molecule has 1 amide bonds. The smallest absolute Gasteiger partial charge is 0.233 e. The lowest BCUT2D eigenvalue weighted by Gasteiger charge is -2.22. The fourth-order valence-corrected chi connectivity index (χ4v) is 4.20. The number of hydrogen-bond acceptors (Lipinski definition) is 4. The fraction of sp³-hybridized carbons (Fsp3) is 0.778. The summed E-state index contributed by atoms with van der Waals surface area (Å²) in [7, 11) is 1.70. The molecule has 1 saturated carbocycles. The highest BCUT2D eigenvalue weighted by atomic mass is 32.2. The second-order valence-corrected chi connectivity index (χ2v) is 8.03. The van der Waals surface area contributed by atoms with E-state index in [1.807, 2.05) is 13.8 Å². The zero-order valence-electron chi connectivity index (χ0n) is 15.4. The summed E-state index contributed by atoms with van der Waals surface area (Å²) < 4.78 is 7.33. The molecule has 0 radical (unpaired) electrons. The van der Waals surface area contributed by atoms with Crippen LogP contribution in [0.5, 0.6) is 0 Å². The maximum Gasteiger partial charge on any atom is 0.233 e.